The lowest BCUT2D eigenvalue weighted by Crippen LogP contribution is -2.42. The van der Waals surface area contributed by atoms with Crippen molar-refractivity contribution in [1.29, 1.82) is 0 Å². The second-order valence-corrected chi connectivity index (χ2v) is 5.47. The molecule has 90 valence electrons. The molecular formula is C14H18N2O. The number of pyridine rings is 1. The number of hydrogen-bond donors (Lipinski definition) is 1. The van der Waals surface area contributed by atoms with Crippen LogP contribution in [0, 0.1) is 0 Å². The molecule has 3 heteroatoms. The molecule has 0 radical (unpaired) electrons. The summed E-state index contributed by atoms with van der Waals surface area (Å²) in [5.41, 5.74) is 3.83. The molecule has 3 heterocycles. The molecule has 1 saturated heterocycles. The van der Waals surface area contributed by atoms with Gasteiger partial charge in [0, 0.05) is 11.6 Å². The summed E-state index contributed by atoms with van der Waals surface area (Å²) >= 11 is 0. The van der Waals surface area contributed by atoms with Gasteiger partial charge in [-0.15, -0.1) is 0 Å². The molecule has 2 aliphatic heterocycles. The van der Waals surface area contributed by atoms with Gasteiger partial charge in [-0.25, -0.2) is 0 Å². The Morgan fingerprint density at radius 1 is 1.24 bits per heavy atom. The number of hydrogen-bond acceptors (Lipinski definition) is 3. The summed E-state index contributed by atoms with van der Waals surface area (Å²) in [6, 6.07) is 4.90. The maximum Gasteiger partial charge on any atom is 0.0896 e. The van der Waals surface area contributed by atoms with Crippen LogP contribution in [0.25, 0.3) is 0 Å². The Labute approximate surface area is 102 Å². The highest BCUT2D eigenvalue weighted by atomic mass is 16.5. The molecule has 0 aromatic carbocycles. The largest absolute Gasteiger partial charge is 0.370 e. The lowest BCUT2D eigenvalue weighted by molar-refractivity contribution is -0.0199. The molecular weight excluding hydrogens is 212 g/mol. The first-order chi connectivity index (χ1) is 8.42. The standard InChI is InChI=1S/C14H18N2O/c1-2-13-14(15-7-1)10-5-6-11(9-3-4-9)16-12(10)8-17-13/h5-6,9,13-15H,1-4,7-8H2/t13-,14-/m0/s1. The Morgan fingerprint density at radius 2 is 2.18 bits per heavy atom. The maximum absolute atomic E-state index is 5.94. The molecule has 0 spiro atoms. The van der Waals surface area contributed by atoms with E-state index >= 15 is 0 Å². The number of nitrogens with one attached hydrogen (secondary N) is 1. The third-order valence-electron chi connectivity index (χ3n) is 4.20. The highest BCUT2D eigenvalue weighted by Gasteiger charge is 2.34. The molecule has 2 atom stereocenters. The normalized spacial score (nSPS) is 31.8. The predicted octanol–water partition coefficient (Wildman–Crippen LogP) is 2.28. The van der Waals surface area contributed by atoms with Crippen LogP contribution in [0.3, 0.4) is 0 Å². The van der Waals surface area contributed by atoms with Gasteiger partial charge in [-0.2, -0.15) is 0 Å². The van der Waals surface area contributed by atoms with E-state index in [1.54, 1.807) is 0 Å². The summed E-state index contributed by atoms with van der Waals surface area (Å²) in [7, 11) is 0. The zero-order valence-corrected chi connectivity index (χ0v) is 9.98. The van der Waals surface area contributed by atoms with E-state index in [0.29, 0.717) is 18.8 Å². The molecule has 4 rings (SSSR count). The fourth-order valence-electron chi connectivity index (χ4n) is 3.07. The van der Waals surface area contributed by atoms with Gasteiger partial charge >= 0.3 is 0 Å². The van der Waals surface area contributed by atoms with Crippen molar-refractivity contribution in [2.45, 2.75) is 50.4 Å². The third-order valence-corrected chi connectivity index (χ3v) is 4.20. The van der Waals surface area contributed by atoms with Crippen LogP contribution in [0.5, 0.6) is 0 Å². The summed E-state index contributed by atoms with van der Waals surface area (Å²) < 4.78 is 5.94. The van der Waals surface area contributed by atoms with E-state index in [-0.39, 0.29) is 0 Å². The summed E-state index contributed by atoms with van der Waals surface area (Å²) in [6.07, 6.45) is 5.41. The number of ether oxygens (including phenoxy) is 1. The van der Waals surface area contributed by atoms with Crippen molar-refractivity contribution in [2.75, 3.05) is 6.54 Å². The number of fused-ring (bicyclic) bond motifs is 3. The van der Waals surface area contributed by atoms with Crippen molar-refractivity contribution in [3.05, 3.63) is 29.1 Å². The summed E-state index contributed by atoms with van der Waals surface area (Å²) in [5.74, 6) is 0.734. The van der Waals surface area contributed by atoms with E-state index < -0.39 is 0 Å². The topological polar surface area (TPSA) is 34.1 Å². The van der Waals surface area contributed by atoms with Crippen LogP contribution in [-0.4, -0.2) is 17.6 Å². The summed E-state index contributed by atoms with van der Waals surface area (Å²) in [4.78, 5) is 4.80. The van der Waals surface area contributed by atoms with Gasteiger partial charge in [0.05, 0.1) is 24.4 Å². The summed E-state index contributed by atoms with van der Waals surface area (Å²) in [5, 5.41) is 3.58. The first-order valence-corrected chi connectivity index (χ1v) is 6.76. The molecule has 1 aromatic heterocycles. The quantitative estimate of drug-likeness (QED) is 0.803. The Bertz CT molecular complexity index is 442. The monoisotopic (exact) mass is 230 g/mol. The summed E-state index contributed by atoms with van der Waals surface area (Å²) in [6.45, 7) is 1.81. The fourth-order valence-corrected chi connectivity index (χ4v) is 3.07. The van der Waals surface area contributed by atoms with Gasteiger partial charge in [-0.05, 0) is 43.9 Å². The molecule has 1 saturated carbocycles. The Kier molecular flexibility index (Phi) is 2.24. The second-order valence-electron chi connectivity index (χ2n) is 5.47. The van der Waals surface area contributed by atoms with Crippen LogP contribution >= 0.6 is 0 Å². The minimum absolute atomic E-state index is 0.366. The predicted molar refractivity (Wildman–Crippen MR) is 64.8 cm³/mol. The van der Waals surface area contributed by atoms with Crippen molar-refractivity contribution >= 4 is 0 Å². The minimum Gasteiger partial charge on any atom is -0.370 e. The van der Waals surface area contributed by atoms with Crippen LogP contribution < -0.4 is 5.32 Å². The third kappa shape index (κ3) is 1.69. The Hall–Kier alpha value is -0.930. The van der Waals surface area contributed by atoms with Crippen LogP contribution in [0.4, 0.5) is 0 Å². The van der Waals surface area contributed by atoms with Gasteiger partial charge in [0.1, 0.15) is 0 Å². The zero-order valence-electron chi connectivity index (χ0n) is 9.98. The molecule has 0 bridgehead atoms. The molecule has 0 amide bonds. The number of aromatic nitrogens is 1. The molecule has 1 aliphatic carbocycles. The lowest BCUT2D eigenvalue weighted by Gasteiger charge is -2.37. The van der Waals surface area contributed by atoms with E-state index in [1.807, 2.05) is 0 Å². The molecule has 3 nitrogen and oxygen atoms in total. The van der Waals surface area contributed by atoms with E-state index in [9.17, 15) is 0 Å². The van der Waals surface area contributed by atoms with Crippen LogP contribution in [0.15, 0.2) is 12.1 Å². The van der Waals surface area contributed by atoms with Crippen molar-refractivity contribution in [3.63, 3.8) is 0 Å². The van der Waals surface area contributed by atoms with E-state index in [1.165, 1.54) is 42.6 Å². The second kappa shape index (κ2) is 3.79. The first-order valence-electron chi connectivity index (χ1n) is 6.76. The molecule has 2 fully saturated rings. The van der Waals surface area contributed by atoms with Crippen molar-refractivity contribution in [3.8, 4) is 0 Å². The Balaban J connectivity index is 1.70. The van der Waals surface area contributed by atoms with Gasteiger partial charge in [0.2, 0.25) is 0 Å². The van der Waals surface area contributed by atoms with Crippen molar-refractivity contribution in [1.82, 2.24) is 10.3 Å². The van der Waals surface area contributed by atoms with Crippen LogP contribution in [-0.2, 0) is 11.3 Å². The molecule has 1 N–H and O–H groups in total. The fraction of sp³-hybridized carbons (Fsp3) is 0.643. The van der Waals surface area contributed by atoms with Gasteiger partial charge in [-0.3, -0.25) is 4.98 Å². The van der Waals surface area contributed by atoms with Gasteiger partial charge in [0.25, 0.3) is 0 Å². The van der Waals surface area contributed by atoms with Gasteiger partial charge in [-0.1, -0.05) is 6.07 Å². The first kappa shape index (κ1) is 10.0. The SMILES string of the molecule is c1cc2c(nc1C1CC1)CO[C@H]1CCCN[C@@H]21. The van der Waals surface area contributed by atoms with E-state index in [2.05, 4.69) is 17.4 Å². The molecule has 0 unspecified atom stereocenters. The van der Waals surface area contributed by atoms with Gasteiger partial charge < -0.3 is 10.1 Å². The van der Waals surface area contributed by atoms with Crippen LogP contribution in [0.1, 0.15) is 54.6 Å². The van der Waals surface area contributed by atoms with Crippen LogP contribution in [0.2, 0.25) is 0 Å². The number of nitrogens with zero attached hydrogens (tertiary/aromatic N) is 1. The highest BCUT2D eigenvalue weighted by molar-refractivity contribution is 5.31. The zero-order chi connectivity index (χ0) is 11.2. The minimum atomic E-state index is 0.366. The highest BCUT2D eigenvalue weighted by Crippen LogP contribution is 2.41. The van der Waals surface area contributed by atoms with Crippen molar-refractivity contribution < 1.29 is 4.74 Å². The molecule has 17 heavy (non-hydrogen) atoms. The van der Waals surface area contributed by atoms with Gasteiger partial charge in [0.15, 0.2) is 0 Å². The van der Waals surface area contributed by atoms with E-state index in [4.69, 9.17) is 9.72 Å². The Morgan fingerprint density at radius 3 is 3.06 bits per heavy atom. The average Bonchev–Trinajstić information content (AvgIpc) is 3.22. The average molecular weight is 230 g/mol. The molecule has 3 aliphatic rings. The number of rotatable bonds is 1. The van der Waals surface area contributed by atoms with E-state index in [0.717, 1.165) is 12.5 Å². The smallest absolute Gasteiger partial charge is 0.0896 e. The van der Waals surface area contributed by atoms with Crippen molar-refractivity contribution in [2.24, 2.45) is 0 Å². The lowest BCUT2D eigenvalue weighted by atomic mass is 9.91. The molecule has 1 aromatic rings. The number of piperidine rings is 1. The maximum atomic E-state index is 5.94.